The maximum Gasteiger partial charge on any atom is 0.410 e. The molecule has 0 bridgehead atoms. The summed E-state index contributed by atoms with van der Waals surface area (Å²) in [6.07, 6.45) is 1.54. The van der Waals surface area contributed by atoms with Crippen molar-refractivity contribution in [2.75, 3.05) is 18.4 Å². The molecule has 7 nitrogen and oxygen atoms in total. The van der Waals surface area contributed by atoms with Crippen LogP contribution in [0.4, 0.5) is 10.5 Å². The van der Waals surface area contributed by atoms with Gasteiger partial charge >= 0.3 is 6.09 Å². The predicted molar refractivity (Wildman–Crippen MR) is 127 cm³/mol. The minimum Gasteiger partial charge on any atom is -0.444 e. The fraction of sp³-hybridized carbons (Fsp3) is 0.360. The Balaban J connectivity index is 1.61. The monoisotopic (exact) mass is 434 g/mol. The number of aromatic nitrogens is 1. The average Bonchev–Trinajstić information content (AvgIpc) is 3.19. The van der Waals surface area contributed by atoms with Crippen LogP contribution in [0.15, 0.2) is 48.5 Å². The van der Waals surface area contributed by atoms with Gasteiger partial charge in [0.1, 0.15) is 5.60 Å². The Bertz CT molecular complexity index is 1130. The number of anilines is 1. The number of ether oxygens (including phenoxy) is 1. The summed E-state index contributed by atoms with van der Waals surface area (Å²) in [5, 5.41) is 4.48. The van der Waals surface area contributed by atoms with Gasteiger partial charge in [-0.3, -0.25) is 4.79 Å². The van der Waals surface area contributed by atoms with Crippen molar-refractivity contribution in [3.05, 3.63) is 54.1 Å². The lowest BCUT2D eigenvalue weighted by Crippen LogP contribution is -2.47. The Morgan fingerprint density at radius 2 is 1.91 bits per heavy atom. The minimum atomic E-state index is -0.521. The number of piperidine rings is 1. The van der Waals surface area contributed by atoms with Crippen LogP contribution in [0.5, 0.6) is 0 Å². The van der Waals surface area contributed by atoms with E-state index >= 15 is 0 Å². The van der Waals surface area contributed by atoms with Crippen LogP contribution in [-0.2, 0) is 4.74 Å². The zero-order chi connectivity index (χ0) is 22.9. The SMILES string of the molecule is CC(C)(C)OC(=O)N1CCCC(Nc2ccc(C(N)=O)c3[nH]c(-c4ccccc4)cc23)C1. The van der Waals surface area contributed by atoms with Crippen molar-refractivity contribution in [3.8, 4) is 11.3 Å². The van der Waals surface area contributed by atoms with Crippen LogP contribution in [0.3, 0.4) is 0 Å². The second-order valence-electron chi connectivity index (χ2n) is 9.27. The van der Waals surface area contributed by atoms with Crippen molar-refractivity contribution in [2.45, 2.75) is 45.3 Å². The summed E-state index contributed by atoms with van der Waals surface area (Å²) in [7, 11) is 0. The highest BCUT2D eigenvalue weighted by molar-refractivity contribution is 6.09. The van der Waals surface area contributed by atoms with Crippen molar-refractivity contribution in [3.63, 3.8) is 0 Å². The van der Waals surface area contributed by atoms with E-state index in [2.05, 4.69) is 10.3 Å². The van der Waals surface area contributed by atoms with E-state index in [0.717, 1.165) is 35.2 Å². The van der Waals surface area contributed by atoms with E-state index in [-0.39, 0.29) is 12.1 Å². The van der Waals surface area contributed by atoms with E-state index in [1.54, 1.807) is 11.0 Å². The number of aromatic amines is 1. The van der Waals surface area contributed by atoms with E-state index in [4.69, 9.17) is 10.5 Å². The van der Waals surface area contributed by atoms with Gasteiger partial charge in [-0.25, -0.2) is 4.79 Å². The lowest BCUT2D eigenvalue weighted by molar-refractivity contribution is 0.0206. The number of nitrogens with zero attached hydrogens (tertiary/aromatic N) is 1. The zero-order valence-electron chi connectivity index (χ0n) is 18.8. The first-order chi connectivity index (χ1) is 15.2. The van der Waals surface area contributed by atoms with Gasteiger partial charge in [-0.05, 0) is 57.4 Å². The van der Waals surface area contributed by atoms with Crippen molar-refractivity contribution in [1.82, 2.24) is 9.88 Å². The molecule has 0 spiro atoms. The molecule has 4 rings (SSSR count). The van der Waals surface area contributed by atoms with Crippen LogP contribution in [0.2, 0.25) is 0 Å². The van der Waals surface area contributed by atoms with Crippen LogP contribution in [0, 0.1) is 0 Å². The molecule has 0 saturated carbocycles. The first kappa shape index (κ1) is 21.7. The van der Waals surface area contributed by atoms with Crippen molar-refractivity contribution in [1.29, 1.82) is 0 Å². The molecule has 1 aromatic heterocycles. The van der Waals surface area contributed by atoms with E-state index in [9.17, 15) is 9.59 Å². The van der Waals surface area contributed by atoms with Gasteiger partial charge < -0.3 is 25.7 Å². The van der Waals surface area contributed by atoms with Gasteiger partial charge in [-0.1, -0.05) is 30.3 Å². The highest BCUT2D eigenvalue weighted by Gasteiger charge is 2.28. The zero-order valence-corrected chi connectivity index (χ0v) is 18.8. The Hall–Kier alpha value is -3.48. The van der Waals surface area contributed by atoms with Crippen LogP contribution < -0.4 is 11.1 Å². The average molecular weight is 435 g/mol. The van der Waals surface area contributed by atoms with Gasteiger partial charge in [-0.15, -0.1) is 0 Å². The predicted octanol–water partition coefficient (Wildman–Crippen LogP) is 4.75. The molecular formula is C25H30N4O3. The van der Waals surface area contributed by atoms with Crippen LogP contribution in [-0.4, -0.2) is 46.6 Å². The van der Waals surface area contributed by atoms with Gasteiger partial charge in [0.2, 0.25) is 0 Å². The number of fused-ring (bicyclic) bond motifs is 1. The number of rotatable bonds is 4. The highest BCUT2D eigenvalue weighted by atomic mass is 16.6. The summed E-state index contributed by atoms with van der Waals surface area (Å²) in [4.78, 5) is 29.7. The van der Waals surface area contributed by atoms with E-state index in [1.165, 1.54) is 0 Å². The summed E-state index contributed by atoms with van der Waals surface area (Å²) in [5.74, 6) is -0.475. The third-order valence-electron chi connectivity index (χ3n) is 5.58. The standard InChI is InChI=1S/C25H30N4O3/c1-25(2,3)32-24(31)29-13-7-10-17(15-29)27-20-12-11-18(23(26)30)22-19(20)14-21(28-22)16-8-5-4-6-9-16/h4-6,8-9,11-12,14,17,27-28H,7,10,13,15H2,1-3H3,(H2,26,30). The first-order valence-electron chi connectivity index (χ1n) is 11.0. The molecule has 1 aliphatic rings. The Kier molecular flexibility index (Phi) is 5.82. The second-order valence-corrected chi connectivity index (χ2v) is 9.27. The largest absolute Gasteiger partial charge is 0.444 e. The number of benzene rings is 2. The molecule has 2 heterocycles. The second kappa shape index (κ2) is 8.57. The van der Waals surface area contributed by atoms with E-state index in [0.29, 0.717) is 24.2 Å². The Morgan fingerprint density at radius 1 is 1.16 bits per heavy atom. The normalized spacial score (nSPS) is 16.7. The molecule has 1 atom stereocenters. The third kappa shape index (κ3) is 4.72. The quantitative estimate of drug-likeness (QED) is 0.552. The number of primary amides is 1. The Morgan fingerprint density at radius 3 is 2.59 bits per heavy atom. The maximum atomic E-state index is 12.5. The van der Waals surface area contributed by atoms with Gasteiger partial charge in [0.05, 0.1) is 11.1 Å². The summed E-state index contributed by atoms with van der Waals surface area (Å²) >= 11 is 0. The number of nitrogens with two attached hydrogens (primary N) is 1. The summed E-state index contributed by atoms with van der Waals surface area (Å²) in [6, 6.07) is 15.7. The fourth-order valence-corrected chi connectivity index (χ4v) is 4.13. The molecule has 1 unspecified atom stereocenters. The summed E-state index contributed by atoms with van der Waals surface area (Å²) in [5.41, 5.74) is 9.11. The smallest absolute Gasteiger partial charge is 0.410 e. The molecule has 7 heteroatoms. The number of amides is 2. The number of carbonyl (C=O) groups excluding carboxylic acids is 2. The highest BCUT2D eigenvalue weighted by Crippen LogP contribution is 2.32. The lowest BCUT2D eigenvalue weighted by atomic mass is 10.0. The third-order valence-corrected chi connectivity index (χ3v) is 5.58. The van der Waals surface area contributed by atoms with E-state index < -0.39 is 11.5 Å². The molecule has 2 amide bonds. The lowest BCUT2D eigenvalue weighted by Gasteiger charge is -2.35. The summed E-state index contributed by atoms with van der Waals surface area (Å²) < 4.78 is 5.54. The molecule has 3 aromatic rings. The topological polar surface area (TPSA) is 100 Å². The molecule has 1 aliphatic heterocycles. The summed E-state index contributed by atoms with van der Waals surface area (Å²) in [6.45, 7) is 6.86. The van der Waals surface area contributed by atoms with Gasteiger partial charge in [0.15, 0.2) is 0 Å². The van der Waals surface area contributed by atoms with Crippen molar-refractivity contribution < 1.29 is 14.3 Å². The van der Waals surface area contributed by atoms with Crippen LogP contribution in [0.1, 0.15) is 44.0 Å². The number of H-pyrrole nitrogens is 1. The number of nitrogens with one attached hydrogen (secondary N) is 2. The van der Waals surface area contributed by atoms with Crippen LogP contribution >= 0.6 is 0 Å². The van der Waals surface area contributed by atoms with Gasteiger partial charge in [0.25, 0.3) is 5.91 Å². The molecule has 1 fully saturated rings. The molecule has 1 saturated heterocycles. The van der Waals surface area contributed by atoms with Crippen molar-refractivity contribution in [2.24, 2.45) is 5.73 Å². The van der Waals surface area contributed by atoms with E-state index in [1.807, 2.05) is 63.2 Å². The molecule has 0 aliphatic carbocycles. The van der Waals surface area contributed by atoms with Gasteiger partial charge in [-0.2, -0.15) is 0 Å². The number of hydrogen-bond acceptors (Lipinski definition) is 4. The van der Waals surface area contributed by atoms with Crippen LogP contribution in [0.25, 0.3) is 22.2 Å². The first-order valence-corrected chi connectivity index (χ1v) is 11.0. The molecule has 2 aromatic carbocycles. The maximum absolute atomic E-state index is 12.5. The molecule has 4 N–H and O–H groups in total. The molecule has 168 valence electrons. The number of likely N-dealkylation sites (tertiary alicyclic amines) is 1. The number of carbonyl (C=O) groups is 2. The fourth-order valence-electron chi connectivity index (χ4n) is 4.13. The Labute approximate surface area is 187 Å². The minimum absolute atomic E-state index is 0.0778. The molecule has 0 radical (unpaired) electrons. The number of hydrogen-bond donors (Lipinski definition) is 3. The molecule has 32 heavy (non-hydrogen) atoms. The van der Waals surface area contributed by atoms with Crippen molar-refractivity contribution >= 4 is 28.6 Å². The van der Waals surface area contributed by atoms with Gasteiger partial charge in [0, 0.05) is 35.9 Å². The molecular weight excluding hydrogens is 404 g/mol.